The molecule has 0 aromatic rings. The van der Waals surface area contributed by atoms with Gasteiger partial charge in [-0.15, -0.1) is 0 Å². The van der Waals surface area contributed by atoms with E-state index in [2.05, 4.69) is 12.2 Å². The molecule has 1 unspecified atom stereocenters. The molecule has 0 rings (SSSR count). The number of unbranched alkanes of at least 4 members (excludes halogenated alkanes) is 2. The van der Waals surface area contributed by atoms with Gasteiger partial charge in [0.1, 0.15) is 0 Å². The fourth-order valence-electron chi connectivity index (χ4n) is 1.49. The monoisotopic (exact) mass is 254 g/mol. The number of halogens is 3. The van der Waals surface area contributed by atoms with Crippen molar-refractivity contribution in [3.8, 4) is 0 Å². The molecule has 0 amide bonds. The van der Waals surface area contributed by atoms with E-state index in [9.17, 15) is 13.2 Å². The molecular formula is C12H25F3N2. The van der Waals surface area contributed by atoms with Crippen LogP contribution in [-0.2, 0) is 0 Å². The molecule has 1 atom stereocenters. The van der Waals surface area contributed by atoms with E-state index >= 15 is 0 Å². The molecular weight excluding hydrogens is 229 g/mol. The van der Waals surface area contributed by atoms with Crippen LogP contribution in [0.1, 0.15) is 39.5 Å². The van der Waals surface area contributed by atoms with Crippen molar-refractivity contribution in [2.75, 3.05) is 26.7 Å². The van der Waals surface area contributed by atoms with Crippen molar-refractivity contribution >= 4 is 0 Å². The first-order chi connectivity index (χ1) is 7.87. The van der Waals surface area contributed by atoms with E-state index in [1.54, 1.807) is 11.9 Å². The first-order valence-electron chi connectivity index (χ1n) is 6.34. The number of nitrogens with one attached hydrogen (secondary N) is 1. The smallest absolute Gasteiger partial charge is 0.315 e. The molecule has 0 aliphatic carbocycles. The molecule has 0 heterocycles. The highest BCUT2D eigenvalue weighted by molar-refractivity contribution is 4.67. The molecule has 0 aromatic carbocycles. The second-order valence-corrected chi connectivity index (χ2v) is 4.61. The Labute approximate surface area is 103 Å². The van der Waals surface area contributed by atoms with Gasteiger partial charge in [-0.2, -0.15) is 13.2 Å². The van der Waals surface area contributed by atoms with Crippen LogP contribution in [0.3, 0.4) is 0 Å². The lowest BCUT2D eigenvalue weighted by Gasteiger charge is -2.25. The van der Waals surface area contributed by atoms with Gasteiger partial charge >= 0.3 is 6.18 Å². The van der Waals surface area contributed by atoms with Crippen molar-refractivity contribution in [3.63, 3.8) is 0 Å². The van der Waals surface area contributed by atoms with Gasteiger partial charge in [-0.3, -0.25) is 0 Å². The predicted molar refractivity (Wildman–Crippen MR) is 65.2 cm³/mol. The van der Waals surface area contributed by atoms with Crippen molar-refractivity contribution in [3.05, 3.63) is 0 Å². The van der Waals surface area contributed by atoms with Gasteiger partial charge in [0.25, 0.3) is 0 Å². The summed E-state index contributed by atoms with van der Waals surface area (Å²) in [6, 6.07) is 0.138. The quantitative estimate of drug-likeness (QED) is 0.636. The minimum absolute atomic E-state index is 0.0707. The molecule has 0 saturated heterocycles. The van der Waals surface area contributed by atoms with Crippen LogP contribution >= 0.6 is 0 Å². The van der Waals surface area contributed by atoms with Crippen LogP contribution < -0.4 is 5.32 Å². The summed E-state index contributed by atoms with van der Waals surface area (Å²) in [5, 5.41) is 3.28. The zero-order chi connectivity index (χ0) is 13.3. The zero-order valence-electron chi connectivity index (χ0n) is 11.1. The first kappa shape index (κ1) is 16.7. The molecule has 0 saturated carbocycles. The third kappa shape index (κ3) is 10.6. The summed E-state index contributed by atoms with van der Waals surface area (Å²) in [4.78, 5) is 1.75. The lowest BCUT2D eigenvalue weighted by molar-refractivity contribution is -0.138. The number of rotatable bonds is 9. The van der Waals surface area contributed by atoms with E-state index in [0.29, 0.717) is 0 Å². The van der Waals surface area contributed by atoms with Crippen molar-refractivity contribution in [2.45, 2.75) is 51.7 Å². The highest BCUT2D eigenvalue weighted by atomic mass is 19.4. The van der Waals surface area contributed by atoms with E-state index in [0.717, 1.165) is 19.5 Å². The maximum absolute atomic E-state index is 12.0. The van der Waals surface area contributed by atoms with Crippen LogP contribution in [0.2, 0.25) is 0 Å². The number of nitrogens with zero attached hydrogens (tertiary/aromatic N) is 1. The highest BCUT2D eigenvalue weighted by Gasteiger charge is 2.27. The highest BCUT2D eigenvalue weighted by Crippen LogP contribution is 2.19. The van der Waals surface area contributed by atoms with Crippen LogP contribution in [-0.4, -0.2) is 43.8 Å². The van der Waals surface area contributed by atoms with Crippen molar-refractivity contribution < 1.29 is 13.2 Å². The van der Waals surface area contributed by atoms with Crippen molar-refractivity contribution in [1.82, 2.24) is 10.2 Å². The molecule has 17 heavy (non-hydrogen) atoms. The van der Waals surface area contributed by atoms with Gasteiger partial charge in [-0.25, -0.2) is 0 Å². The maximum Gasteiger partial charge on any atom is 0.390 e. The summed E-state index contributed by atoms with van der Waals surface area (Å²) in [6.07, 6.45) is -1.27. The van der Waals surface area contributed by atoms with E-state index < -0.39 is 12.6 Å². The lowest BCUT2D eigenvalue weighted by Crippen LogP contribution is -2.39. The summed E-state index contributed by atoms with van der Waals surface area (Å²) in [5.41, 5.74) is 0. The predicted octanol–water partition coefficient (Wildman–Crippen LogP) is 3.04. The summed E-state index contributed by atoms with van der Waals surface area (Å²) in [6.45, 7) is 5.86. The second-order valence-electron chi connectivity index (χ2n) is 4.61. The van der Waals surface area contributed by atoms with Gasteiger partial charge < -0.3 is 10.2 Å². The van der Waals surface area contributed by atoms with E-state index in [4.69, 9.17) is 0 Å². The molecule has 0 fully saturated rings. The van der Waals surface area contributed by atoms with Crippen molar-refractivity contribution in [1.29, 1.82) is 0 Å². The summed E-state index contributed by atoms with van der Waals surface area (Å²) in [7, 11) is 1.74. The van der Waals surface area contributed by atoms with Gasteiger partial charge in [0.15, 0.2) is 0 Å². The standard InChI is InChI=1S/C12H25F3N2/c1-4-5-6-8-16-10-11(2)17(3)9-7-12(13,14)15/h11,16H,4-10H2,1-3H3. The molecule has 0 aliphatic heterocycles. The van der Waals surface area contributed by atoms with E-state index in [-0.39, 0.29) is 12.6 Å². The van der Waals surface area contributed by atoms with Gasteiger partial charge in [0.2, 0.25) is 0 Å². The van der Waals surface area contributed by atoms with Gasteiger partial charge in [0.05, 0.1) is 6.42 Å². The van der Waals surface area contributed by atoms with Gasteiger partial charge in [-0.1, -0.05) is 19.8 Å². The molecule has 104 valence electrons. The normalized spacial score (nSPS) is 14.3. The Hall–Kier alpha value is -0.290. The Morgan fingerprint density at radius 1 is 1.24 bits per heavy atom. The fourth-order valence-corrected chi connectivity index (χ4v) is 1.49. The minimum atomic E-state index is -4.05. The van der Waals surface area contributed by atoms with Gasteiger partial charge in [-0.05, 0) is 26.9 Å². The summed E-state index contributed by atoms with van der Waals surface area (Å²) < 4.78 is 36.1. The number of alkyl halides is 3. The largest absolute Gasteiger partial charge is 0.390 e. The molecule has 5 heteroatoms. The number of hydrogen-bond donors (Lipinski definition) is 1. The van der Waals surface area contributed by atoms with Crippen LogP contribution in [0.4, 0.5) is 13.2 Å². The molecule has 0 spiro atoms. The molecule has 2 nitrogen and oxygen atoms in total. The topological polar surface area (TPSA) is 15.3 Å². The van der Waals surface area contributed by atoms with Gasteiger partial charge in [0, 0.05) is 19.1 Å². The third-order valence-electron chi connectivity index (χ3n) is 2.90. The lowest BCUT2D eigenvalue weighted by atomic mass is 10.2. The molecule has 1 N–H and O–H groups in total. The molecule has 0 aliphatic rings. The Balaban J connectivity index is 3.57. The Morgan fingerprint density at radius 3 is 2.41 bits per heavy atom. The second kappa shape index (κ2) is 8.75. The fraction of sp³-hybridized carbons (Fsp3) is 1.00. The molecule has 0 radical (unpaired) electrons. The molecule has 0 aromatic heterocycles. The third-order valence-corrected chi connectivity index (χ3v) is 2.90. The van der Waals surface area contributed by atoms with E-state index in [1.165, 1.54) is 12.8 Å². The maximum atomic E-state index is 12.0. The average molecular weight is 254 g/mol. The zero-order valence-corrected chi connectivity index (χ0v) is 11.1. The van der Waals surface area contributed by atoms with Crippen LogP contribution in [0.15, 0.2) is 0 Å². The van der Waals surface area contributed by atoms with Crippen LogP contribution in [0.5, 0.6) is 0 Å². The first-order valence-corrected chi connectivity index (χ1v) is 6.34. The Bertz CT molecular complexity index is 183. The summed E-state index contributed by atoms with van der Waals surface area (Å²) >= 11 is 0. The Kier molecular flexibility index (Phi) is 8.60. The Morgan fingerprint density at radius 2 is 1.88 bits per heavy atom. The summed E-state index contributed by atoms with van der Waals surface area (Å²) in [5.74, 6) is 0. The minimum Gasteiger partial charge on any atom is -0.315 e. The number of likely N-dealkylation sites (N-methyl/N-ethyl adjacent to an activating group) is 1. The van der Waals surface area contributed by atoms with Crippen LogP contribution in [0, 0.1) is 0 Å². The molecule has 0 bridgehead atoms. The van der Waals surface area contributed by atoms with E-state index in [1.807, 2.05) is 6.92 Å². The van der Waals surface area contributed by atoms with Crippen molar-refractivity contribution in [2.24, 2.45) is 0 Å². The number of hydrogen-bond acceptors (Lipinski definition) is 2. The average Bonchev–Trinajstić information content (AvgIpc) is 2.24. The van der Waals surface area contributed by atoms with Crippen LogP contribution in [0.25, 0.3) is 0 Å². The SMILES string of the molecule is CCCCCNCC(C)N(C)CCC(F)(F)F.